The van der Waals surface area contributed by atoms with Crippen LogP contribution in [0.15, 0.2) is 12.2 Å². The minimum absolute atomic E-state index is 1.21. The van der Waals surface area contributed by atoms with Crippen molar-refractivity contribution in [3.8, 4) is 0 Å². The maximum absolute atomic E-state index is 10.1. The van der Waals surface area contributed by atoms with Gasteiger partial charge < -0.3 is 0 Å². The highest BCUT2D eigenvalue weighted by Crippen LogP contribution is 2.00. The Morgan fingerprint density at radius 3 is 1.92 bits per heavy atom. The molecule has 8 heteroatoms. The molecule has 0 saturated carbocycles. The second-order valence-corrected chi connectivity index (χ2v) is 2.77. The maximum atomic E-state index is 10.1. The summed E-state index contributed by atoms with van der Waals surface area (Å²) in [5, 5.41) is 0. The summed E-state index contributed by atoms with van der Waals surface area (Å²) in [4.78, 5) is 0. The van der Waals surface area contributed by atoms with Crippen LogP contribution in [0.4, 0.5) is 0 Å². The minimum atomic E-state index is -2.54. The maximum Gasteiger partial charge on any atom is 0.304 e. The van der Waals surface area contributed by atoms with Crippen molar-refractivity contribution in [3.05, 3.63) is 12.2 Å². The van der Waals surface area contributed by atoms with E-state index in [4.69, 9.17) is 9.11 Å². The zero-order valence-corrected chi connectivity index (χ0v) is 7.71. The highest BCUT2D eigenvalue weighted by Gasteiger charge is 2.11. The van der Waals surface area contributed by atoms with Gasteiger partial charge in [-0.3, -0.25) is 9.11 Å². The molecule has 0 aliphatic carbocycles. The number of hydrogen-bond donors (Lipinski definition) is 2. The van der Waals surface area contributed by atoms with E-state index in [0.717, 1.165) is 0 Å². The Balaban J connectivity index is 4.03. The lowest BCUT2D eigenvalue weighted by Crippen LogP contribution is -2.16. The van der Waals surface area contributed by atoms with E-state index in [0.29, 0.717) is 0 Å². The van der Waals surface area contributed by atoms with Gasteiger partial charge in [-0.15, -0.1) is 0 Å². The molecule has 2 N–H and O–H groups in total. The lowest BCUT2D eigenvalue weighted by molar-refractivity contribution is 0.0560. The van der Waals surface area contributed by atoms with E-state index in [1.165, 1.54) is 12.2 Å². The van der Waals surface area contributed by atoms with E-state index in [9.17, 15) is 8.42 Å². The Labute approximate surface area is 74.5 Å². The smallest absolute Gasteiger partial charge is 0.284 e. The molecule has 0 spiro atoms. The average Bonchev–Trinajstić information content (AvgIpc) is 1.84. The first-order valence-electron chi connectivity index (χ1n) is 2.75. The Hall–Kier alpha value is -0.120. The molecule has 2 unspecified atom stereocenters. The van der Waals surface area contributed by atoms with Crippen LogP contribution in [0.3, 0.4) is 0 Å². The second-order valence-electron chi connectivity index (χ2n) is 1.52. The largest absolute Gasteiger partial charge is 0.304 e. The second kappa shape index (κ2) is 6.40. The molecule has 0 rings (SSSR count). The van der Waals surface area contributed by atoms with Gasteiger partial charge in [-0.05, 0) is 13.0 Å². The van der Waals surface area contributed by atoms with Gasteiger partial charge in [0.25, 0.3) is 0 Å². The molecule has 2 atom stereocenters. The topological polar surface area (TPSA) is 93.1 Å². The van der Waals surface area contributed by atoms with Crippen LogP contribution in [0.1, 0.15) is 6.92 Å². The van der Waals surface area contributed by atoms with E-state index >= 15 is 0 Å². The van der Waals surface area contributed by atoms with Crippen molar-refractivity contribution in [3.63, 3.8) is 0 Å². The van der Waals surface area contributed by atoms with Crippen molar-refractivity contribution in [2.24, 2.45) is 0 Å². The Bertz CT molecular complexity index is 186. The van der Waals surface area contributed by atoms with Gasteiger partial charge in [0.15, 0.2) is 0 Å². The summed E-state index contributed by atoms with van der Waals surface area (Å²) >= 11 is -5.07. The predicted molar refractivity (Wildman–Crippen MR) is 42.3 cm³/mol. The Morgan fingerprint density at radius 1 is 1.25 bits per heavy atom. The summed E-state index contributed by atoms with van der Waals surface area (Å²) < 4.78 is 44.9. The van der Waals surface area contributed by atoms with Crippen molar-refractivity contribution in [1.29, 1.82) is 0 Å². The zero-order chi connectivity index (χ0) is 9.56. The molecule has 0 radical (unpaired) electrons. The van der Waals surface area contributed by atoms with Crippen molar-refractivity contribution in [1.82, 2.24) is 0 Å². The van der Waals surface area contributed by atoms with E-state index < -0.39 is 29.0 Å². The molecule has 6 nitrogen and oxygen atoms in total. The van der Waals surface area contributed by atoms with E-state index in [1.807, 2.05) is 0 Å². The first kappa shape index (κ1) is 11.9. The number of rotatable bonds is 5. The highest BCUT2D eigenvalue weighted by molar-refractivity contribution is 7.74. The van der Waals surface area contributed by atoms with Gasteiger partial charge in [-0.25, -0.2) is 8.37 Å². The van der Waals surface area contributed by atoms with Crippen LogP contribution in [-0.4, -0.2) is 23.8 Å². The molecule has 12 heavy (non-hydrogen) atoms. The third-order valence-corrected chi connectivity index (χ3v) is 1.41. The van der Waals surface area contributed by atoms with Crippen LogP contribution in [0, 0.1) is 0 Å². The summed E-state index contributed by atoms with van der Waals surface area (Å²) in [6.45, 7) is 1.60. The van der Waals surface area contributed by atoms with Gasteiger partial charge in [0.2, 0.25) is 6.29 Å². The predicted octanol–water partition coefficient (Wildman–Crippen LogP) is 0.195. The molecule has 0 amide bonds. The molecule has 0 saturated heterocycles. The lowest BCUT2D eigenvalue weighted by atomic mass is 10.5. The van der Waals surface area contributed by atoms with Gasteiger partial charge in [0, 0.05) is 0 Å². The third-order valence-electron chi connectivity index (χ3n) is 0.704. The van der Waals surface area contributed by atoms with E-state index in [1.54, 1.807) is 6.92 Å². The average molecular weight is 216 g/mol. The summed E-state index contributed by atoms with van der Waals surface area (Å²) in [5.41, 5.74) is 0. The molecular weight excluding hydrogens is 208 g/mol. The van der Waals surface area contributed by atoms with Gasteiger partial charge in [-0.1, -0.05) is 6.08 Å². The van der Waals surface area contributed by atoms with Crippen LogP contribution in [-0.2, 0) is 31.1 Å². The Morgan fingerprint density at radius 2 is 1.67 bits per heavy atom. The van der Waals surface area contributed by atoms with Crippen LogP contribution in [0.25, 0.3) is 0 Å². The number of allylic oxidation sites excluding steroid dienone is 1. The lowest BCUT2D eigenvalue weighted by Gasteiger charge is -2.06. The summed E-state index contributed by atoms with van der Waals surface area (Å²) in [6.07, 6.45) is 1.36. The van der Waals surface area contributed by atoms with Crippen molar-refractivity contribution in [2.45, 2.75) is 13.2 Å². The molecule has 0 aromatic heterocycles. The summed E-state index contributed by atoms with van der Waals surface area (Å²) in [6, 6.07) is 0. The number of hydrogen-bond acceptors (Lipinski definition) is 4. The van der Waals surface area contributed by atoms with Crippen LogP contribution in [0.2, 0.25) is 0 Å². The molecule has 0 aromatic rings. The molecule has 0 aliphatic rings. The fraction of sp³-hybridized carbons (Fsp3) is 0.500. The zero-order valence-electron chi connectivity index (χ0n) is 6.08. The quantitative estimate of drug-likeness (QED) is 0.387. The molecular formula is C4H8O6S2. The SMILES string of the molecule is CC=CC(OS(=O)O)OS(=O)O. The minimum Gasteiger partial charge on any atom is -0.284 e. The van der Waals surface area contributed by atoms with Crippen molar-refractivity contribution < 1.29 is 25.9 Å². The van der Waals surface area contributed by atoms with Crippen molar-refractivity contribution >= 4 is 22.7 Å². The Kier molecular flexibility index (Phi) is 6.34. The van der Waals surface area contributed by atoms with Crippen molar-refractivity contribution in [2.75, 3.05) is 0 Å². The first-order valence-corrected chi connectivity index (χ1v) is 4.81. The van der Waals surface area contributed by atoms with Gasteiger partial charge in [-0.2, -0.15) is 8.42 Å². The molecule has 0 aliphatic heterocycles. The van der Waals surface area contributed by atoms with Crippen LogP contribution in [0.5, 0.6) is 0 Å². The standard InChI is InChI=1S/C4H8O6S2/c1-2-3-4(9-11(5)6)10-12(7)8/h2-4H,1H3,(H,5,6)(H,7,8). The molecule has 0 heterocycles. The van der Waals surface area contributed by atoms with E-state index in [2.05, 4.69) is 8.37 Å². The fourth-order valence-electron chi connectivity index (χ4n) is 0.400. The van der Waals surface area contributed by atoms with Crippen LogP contribution >= 0.6 is 0 Å². The molecule has 0 aromatic carbocycles. The molecule has 72 valence electrons. The fourth-order valence-corrected chi connectivity index (χ4v) is 0.981. The summed E-state index contributed by atoms with van der Waals surface area (Å²) in [7, 11) is 0. The van der Waals surface area contributed by atoms with Gasteiger partial charge >= 0.3 is 22.7 Å². The molecule has 0 fully saturated rings. The monoisotopic (exact) mass is 216 g/mol. The summed E-state index contributed by atoms with van der Waals surface area (Å²) in [5.74, 6) is 0. The van der Waals surface area contributed by atoms with Gasteiger partial charge in [0.1, 0.15) is 0 Å². The van der Waals surface area contributed by atoms with E-state index in [-0.39, 0.29) is 0 Å². The van der Waals surface area contributed by atoms with Crippen LogP contribution < -0.4 is 0 Å². The highest BCUT2D eigenvalue weighted by atomic mass is 32.2. The third kappa shape index (κ3) is 6.58. The van der Waals surface area contributed by atoms with Gasteiger partial charge in [0.05, 0.1) is 0 Å². The first-order chi connectivity index (χ1) is 5.56. The normalized spacial score (nSPS) is 19.2. The molecule has 0 bridgehead atoms.